The summed E-state index contributed by atoms with van der Waals surface area (Å²) in [4.78, 5) is 34.0. The van der Waals surface area contributed by atoms with Gasteiger partial charge in [-0.2, -0.15) is 0 Å². The second-order valence-corrected chi connectivity index (χ2v) is 7.38. The first-order valence-electron chi connectivity index (χ1n) is 9.21. The van der Waals surface area contributed by atoms with Crippen LogP contribution >= 0.6 is 11.8 Å². The Balaban J connectivity index is 1.83. The molecule has 0 atom stereocenters. The lowest BCUT2D eigenvalue weighted by Gasteiger charge is -2.11. The lowest BCUT2D eigenvalue weighted by atomic mass is 10.1. The number of carbonyl (C=O) groups is 2. The number of hydrogen-bond donors (Lipinski definition) is 1. The number of aromatic nitrogens is 3. The number of carbonyl (C=O) groups excluding carboxylic acids is 2. The Kier molecular flexibility index (Phi) is 7.08. The molecule has 0 radical (unpaired) electrons. The minimum Gasteiger partial charge on any atom is -0.356 e. The van der Waals surface area contributed by atoms with Crippen molar-refractivity contribution in [3.63, 3.8) is 0 Å². The largest absolute Gasteiger partial charge is 0.356 e. The van der Waals surface area contributed by atoms with Crippen molar-refractivity contribution in [3.8, 4) is 5.69 Å². The molecular weight excluding hydrogens is 425 g/mol. The van der Waals surface area contributed by atoms with Crippen LogP contribution in [0.2, 0.25) is 0 Å². The first-order chi connectivity index (χ1) is 14.9. The Hall–Kier alpha value is -3.60. The summed E-state index contributed by atoms with van der Waals surface area (Å²) in [6.45, 7) is 1.68. The number of nitrogens with one attached hydrogen (secondary N) is 1. The van der Waals surface area contributed by atoms with Crippen LogP contribution in [0.4, 0.5) is 10.1 Å². The van der Waals surface area contributed by atoms with Crippen LogP contribution in [0.25, 0.3) is 5.69 Å². The summed E-state index contributed by atoms with van der Waals surface area (Å²) in [6.07, 6.45) is 0.306. The molecule has 160 valence electrons. The van der Waals surface area contributed by atoms with Crippen molar-refractivity contribution >= 4 is 29.1 Å². The quantitative estimate of drug-likeness (QED) is 0.234. The van der Waals surface area contributed by atoms with Gasteiger partial charge < -0.3 is 5.32 Å². The van der Waals surface area contributed by atoms with Crippen molar-refractivity contribution in [2.75, 3.05) is 12.3 Å². The molecule has 0 aliphatic rings. The molecule has 0 unspecified atom stereocenters. The summed E-state index contributed by atoms with van der Waals surface area (Å²) in [7, 11) is 0. The number of hydrogen-bond acceptors (Lipinski definition) is 7. The molecule has 0 fully saturated rings. The summed E-state index contributed by atoms with van der Waals surface area (Å²) in [5, 5.41) is 22.0. The monoisotopic (exact) mass is 443 g/mol. The van der Waals surface area contributed by atoms with E-state index in [1.54, 1.807) is 18.2 Å². The van der Waals surface area contributed by atoms with Crippen molar-refractivity contribution < 1.29 is 18.9 Å². The molecule has 31 heavy (non-hydrogen) atoms. The molecular formula is C20H18FN5O4S. The average molecular weight is 443 g/mol. The van der Waals surface area contributed by atoms with Gasteiger partial charge in [-0.3, -0.25) is 24.3 Å². The smallest absolute Gasteiger partial charge is 0.270 e. The Bertz CT molecular complexity index is 1130. The van der Waals surface area contributed by atoms with E-state index in [4.69, 9.17) is 0 Å². The fourth-order valence-corrected chi connectivity index (χ4v) is 3.65. The summed E-state index contributed by atoms with van der Waals surface area (Å²) in [6, 6.07) is 11.5. The maximum atomic E-state index is 14.5. The summed E-state index contributed by atoms with van der Waals surface area (Å²) in [5.74, 6) is -0.677. The third-order valence-corrected chi connectivity index (χ3v) is 5.16. The van der Waals surface area contributed by atoms with Crippen molar-refractivity contribution in [3.05, 3.63) is 75.9 Å². The maximum Gasteiger partial charge on any atom is 0.270 e. The van der Waals surface area contributed by atoms with Crippen molar-refractivity contribution in [1.29, 1.82) is 0 Å². The van der Waals surface area contributed by atoms with Crippen LogP contribution in [-0.4, -0.2) is 43.7 Å². The Morgan fingerprint density at radius 2 is 1.97 bits per heavy atom. The first-order valence-corrected chi connectivity index (χ1v) is 10.2. The lowest BCUT2D eigenvalue weighted by molar-refractivity contribution is -0.384. The zero-order valence-corrected chi connectivity index (χ0v) is 17.3. The molecule has 0 spiro atoms. The molecule has 1 aromatic heterocycles. The molecule has 9 nitrogen and oxygen atoms in total. The molecule has 0 bridgehead atoms. The molecule has 1 amide bonds. The topological polar surface area (TPSA) is 120 Å². The molecule has 0 saturated heterocycles. The number of halogens is 1. The third kappa shape index (κ3) is 5.51. The van der Waals surface area contributed by atoms with Gasteiger partial charge in [-0.25, -0.2) is 4.39 Å². The van der Waals surface area contributed by atoms with Gasteiger partial charge in [0.2, 0.25) is 5.91 Å². The van der Waals surface area contributed by atoms with Crippen molar-refractivity contribution in [1.82, 2.24) is 20.1 Å². The van der Waals surface area contributed by atoms with E-state index in [0.717, 1.165) is 11.8 Å². The van der Waals surface area contributed by atoms with Crippen molar-refractivity contribution in [2.45, 2.75) is 18.5 Å². The standard InChI is InChI=1S/C20H18FN5O4S/c1-13(27)22-10-9-19-23-24-20(25(19)17-8-3-2-7-16(17)21)31-12-18(28)14-5-4-6-15(11-14)26(29)30/h2-8,11H,9-10,12H2,1H3,(H,22,27). The molecule has 0 aliphatic heterocycles. The van der Waals surface area contributed by atoms with Crippen LogP contribution in [0.15, 0.2) is 53.7 Å². The zero-order valence-electron chi connectivity index (χ0n) is 16.4. The van der Waals surface area contributed by atoms with Crippen LogP contribution in [0, 0.1) is 15.9 Å². The van der Waals surface area contributed by atoms with E-state index in [9.17, 15) is 24.1 Å². The van der Waals surface area contributed by atoms with E-state index in [1.807, 2.05) is 0 Å². The number of rotatable bonds is 9. The number of nitro groups is 1. The first kappa shape index (κ1) is 22.1. The molecule has 0 aliphatic carbocycles. The van der Waals surface area contributed by atoms with Crippen LogP contribution in [-0.2, 0) is 11.2 Å². The highest BCUT2D eigenvalue weighted by atomic mass is 32.2. The SMILES string of the molecule is CC(=O)NCCc1nnc(SCC(=O)c2cccc([N+](=O)[O-])c2)n1-c1ccccc1F. The van der Waals surface area contributed by atoms with Gasteiger partial charge >= 0.3 is 0 Å². The van der Waals surface area contributed by atoms with E-state index < -0.39 is 10.7 Å². The van der Waals surface area contributed by atoms with Gasteiger partial charge in [0.15, 0.2) is 10.9 Å². The van der Waals surface area contributed by atoms with Crippen LogP contribution in [0.5, 0.6) is 0 Å². The second kappa shape index (κ2) is 9.94. The predicted octanol–water partition coefficient (Wildman–Crippen LogP) is 2.97. The highest BCUT2D eigenvalue weighted by molar-refractivity contribution is 7.99. The summed E-state index contributed by atoms with van der Waals surface area (Å²) in [5.41, 5.74) is 0.241. The summed E-state index contributed by atoms with van der Waals surface area (Å²) >= 11 is 1.04. The highest BCUT2D eigenvalue weighted by Crippen LogP contribution is 2.25. The van der Waals surface area contributed by atoms with Gasteiger partial charge in [0.1, 0.15) is 11.6 Å². The highest BCUT2D eigenvalue weighted by Gasteiger charge is 2.19. The normalized spacial score (nSPS) is 10.6. The van der Waals surface area contributed by atoms with Gasteiger partial charge in [-0.1, -0.05) is 36.0 Å². The molecule has 2 aromatic carbocycles. The average Bonchev–Trinajstić information content (AvgIpc) is 3.14. The zero-order chi connectivity index (χ0) is 22.4. The number of Topliss-reactive ketones (excluding diaryl/α,β-unsaturated/α-hetero) is 1. The van der Waals surface area contributed by atoms with Gasteiger partial charge in [-0.15, -0.1) is 10.2 Å². The fraction of sp³-hybridized carbons (Fsp3) is 0.200. The number of nitro benzene ring substituents is 1. The second-order valence-electron chi connectivity index (χ2n) is 6.44. The van der Waals surface area contributed by atoms with Gasteiger partial charge in [-0.05, 0) is 12.1 Å². The van der Waals surface area contributed by atoms with Crippen LogP contribution in [0.1, 0.15) is 23.1 Å². The van der Waals surface area contributed by atoms with Gasteiger partial charge in [0, 0.05) is 37.6 Å². The van der Waals surface area contributed by atoms with Gasteiger partial charge in [0.05, 0.1) is 16.4 Å². The Labute approximate surface area is 180 Å². The Morgan fingerprint density at radius 1 is 1.19 bits per heavy atom. The van der Waals surface area contributed by atoms with Crippen LogP contribution < -0.4 is 5.32 Å². The van der Waals surface area contributed by atoms with Gasteiger partial charge in [0.25, 0.3) is 5.69 Å². The fourth-order valence-electron chi connectivity index (χ4n) is 2.79. The molecule has 0 saturated carbocycles. The van der Waals surface area contributed by atoms with E-state index in [-0.39, 0.29) is 34.4 Å². The maximum absolute atomic E-state index is 14.5. The predicted molar refractivity (Wildman–Crippen MR) is 112 cm³/mol. The minimum absolute atomic E-state index is 0.0700. The molecule has 1 heterocycles. The lowest BCUT2D eigenvalue weighted by Crippen LogP contribution is -2.23. The molecule has 3 aromatic rings. The van der Waals surface area contributed by atoms with Crippen molar-refractivity contribution in [2.24, 2.45) is 0 Å². The number of non-ortho nitro benzene ring substituents is 1. The van der Waals surface area contributed by atoms with E-state index >= 15 is 0 Å². The number of para-hydroxylation sites is 1. The Morgan fingerprint density at radius 3 is 2.68 bits per heavy atom. The van der Waals surface area contributed by atoms with Crippen LogP contribution in [0.3, 0.4) is 0 Å². The summed E-state index contributed by atoms with van der Waals surface area (Å²) < 4.78 is 16.0. The number of amides is 1. The van der Waals surface area contributed by atoms with E-state index in [1.165, 1.54) is 41.8 Å². The number of nitrogens with zero attached hydrogens (tertiary/aromatic N) is 4. The third-order valence-electron chi connectivity index (χ3n) is 4.23. The molecule has 3 rings (SSSR count). The number of benzene rings is 2. The minimum atomic E-state index is -0.569. The van der Waals surface area contributed by atoms with E-state index in [0.29, 0.717) is 23.9 Å². The van der Waals surface area contributed by atoms with E-state index in [2.05, 4.69) is 15.5 Å². The number of ketones is 1. The molecule has 11 heteroatoms. The number of thioether (sulfide) groups is 1. The molecule has 1 N–H and O–H groups in total.